The van der Waals surface area contributed by atoms with Gasteiger partial charge in [-0.1, -0.05) is 43.2 Å². The quantitative estimate of drug-likeness (QED) is 0.553. The van der Waals surface area contributed by atoms with Gasteiger partial charge in [-0.15, -0.1) is 0 Å². The van der Waals surface area contributed by atoms with Gasteiger partial charge in [0.05, 0.1) is 23.6 Å². The molecule has 3 fully saturated rings. The Labute approximate surface area is 209 Å². The number of ether oxygens (including phenoxy) is 3. The molecule has 188 valence electrons. The summed E-state index contributed by atoms with van der Waals surface area (Å²) >= 11 is 0. The number of rotatable bonds is 3. The molecule has 1 aromatic carbocycles. The zero-order valence-electron chi connectivity index (χ0n) is 20.4. The average molecular weight is 492 g/mol. The van der Waals surface area contributed by atoms with Crippen LogP contribution in [0.25, 0.3) is 11.2 Å². The molecule has 8 nitrogen and oxygen atoms in total. The van der Waals surface area contributed by atoms with E-state index in [1.54, 1.807) is 24.5 Å². The Balaban J connectivity index is 1.33. The average Bonchev–Trinajstić information content (AvgIpc) is 3.54. The summed E-state index contributed by atoms with van der Waals surface area (Å²) in [6.07, 6.45) is 7.01. The maximum absolute atomic E-state index is 14.1. The van der Waals surface area contributed by atoms with E-state index in [1.165, 1.54) is 31.7 Å². The minimum absolute atomic E-state index is 0.194. The van der Waals surface area contributed by atoms with E-state index in [0.29, 0.717) is 22.6 Å². The minimum Gasteiger partial charge on any atom is -0.341 e. The van der Waals surface area contributed by atoms with Crippen molar-refractivity contribution in [2.75, 3.05) is 0 Å². The first-order valence-corrected chi connectivity index (χ1v) is 12.6. The maximum Gasteiger partial charge on any atom is 0.167 e. The van der Waals surface area contributed by atoms with Crippen LogP contribution in [-0.2, 0) is 14.2 Å². The van der Waals surface area contributed by atoms with Gasteiger partial charge in [0.2, 0.25) is 0 Å². The molecule has 0 bridgehead atoms. The normalized spacial score (nSPS) is 28.6. The van der Waals surface area contributed by atoms with Gasteiger partial charge in [-0.05, 0) is 44.7 Å². The Morgan fingerprint density at radius 1 is 1.08 bits per heavy atom. The number of hydrogen-bond acceptors (Lipinski definition) is 7. The Morgan fingerprint density at radius 2 is 1.86 bits per heavy atom. The van der Waals surface area contributed by atoms with E-state index in [1.807, 2.05) is 18.4 Å². The number of benzene rings is 1. The number of nitrogens with zero attached hydrogens (tertiary/aromatic N) is 4. The first-order chi connectivity index (χ1) is 17.4. The van der Waals surface area contributed by atoms with E-state index < -0.39 is 30.3 Å². The fourth-order valence-corrected chi connectivity index (χ4v) is 5.65. The summed E-state index contributed by atoms with van der Waals surface area (Å²) in [6, 6.07) is 6.21. The number of aromatic nitrogens is 4. The zero-order chi connectivity index (χ0) is 24.9. The van der Waals surface area contributed by atoms with Crippen molar-refractivity contribution in [3.05, 3.63) is 54.0 Å². The predicted molar refractivity (Wildman–Crippen MR) is 130 cm³/mol. The van der Waals surface area contributed by atoms with Crippen molar-refractivity contribution in [1.29, 1.82) is 0 Å². The monoisotopic (exact) mass is 491 g/mol. The standard InChI is InChI=1S/C27H30FN5O3/c1-27(2)35-23-19(13-12-16-8-6-7-11-18(16)28)34-26(24(23)36-27)33-15-32-22-21(30-14-31-25(22)33)20(29)17-9-4-3-5-10-17/h6-8,11,14-15,17,19-20,23-24,26H,3-5,9-10,29H2,1-2H3/t19-,20?,23-,24-,26-/m1/s1. The van der Waals surface area contributed by atoms with Gasteiger partial charge in [-0.2, -0.15) is 0 Å². The molecule has 1 aliphatic carbocycles. The van der Waals surface area contributed by atoms with Gasteiger partial charge >= 0.3 is 0 Å². The minimum atomic E-state index is -0.810. The SMILES string of the molecule is CC1(C)O[C@@H]2[C@H](O1)[C@@H](C#Cc1ccccc1F)O[C@H]2n1cnc2c(C(N)C3CCCCC3)ncnc21. The Hall–Kier alpha value is -2.90. The van der Waals surface area contributed by atoms with Gasteiger partial charge < -0.3 is 19.9 Å². The van der Waals surface area contributed by atoms with Crippen LogP contribution in [-0.4, -0.2) is 43.6 Å². The highest BCUT2D eigenvalue weighted by Crippen LogP contribution is 2.44. The summed E-state index contributed by atoms with van der Waals surface area (Å²) in [7, 11) is 0. The summed E-state index contributed by atoms with van der Waals surface area (Å²) < 4.78 is 34.7. The van der Waals surface area contributed by atoms with E-state index in [-0.39, 0.29) is 11.9 Å². The number of fused-ring (bicyclic) bond motifs is 2. The van der Waals surface area contributed by atoms with Crippen LogP contribution >= 0.6 is 0 Å². The van der Waals surface area contributed by atoms with Gasteiger partial charge in [0.15, 0.2) is 17.7 Å². The summed E-state index contributed by atoms with van der Waals surface area (Å²) in [5.41, 5.74) is 9.06. The fraction of sp³-hybridized carbons (Fsp3) is 0.519. The second-order valence-corrected chi connectivity index (χ2v) is 10.3. The predicted octanol–water partition coefficient (Wildman–Crippen LogP) is 4.01. The molecule has 6 rings (SSSR count). The van der Waals surface area contributed by atoms with Crippen LogP contribution in [0.4, 0.5) is 4.39 Å². The van der Waals surface area contributed by atoms with Gasteiger partial charge in [0.25, 0.3) is 0 Å². The van der Waals surface area contributed by atoms with Crippen molar-refractivity contribution in [3.63, 3.8) is 0 Å². The van der Waals surface area contributed by atoms with Gasteiger partial charge in [-0.3, -0.25) is 4.57 Å². The highest BCUT2D eigenvalue weighted by atomic mass is 19.1. The van der Waals surface area contributed by atoms with Gasteiger partial charge in [0.1, 0.15) is 36.0 Å². The Bertz CT molecular complexity index is 1330. The highest BCUT2D eigenvalue weighted by molar-refractivity contribution is 5.73. The lowest BCUT2D eigenvalue weighted by Gasteiger charge is -2.27. The molecule has 2 N–H and O–H groups in total. The molecular weight excluding hydrogens is 461 g/mol. The molecule has 2 aromatic heterocycles. The molecule has 9 heteroatoms. The van der Waals surface area contributed by atoms with Crippen LogP contribution in [0.2, 0.25) is 0 Å². The van der Waals surface area contributed by atoms with Gasteiger partial charge in [-0.25, -0.2) is 19.3 Å². The van der Waals surface area contributed by atoms with Crippen molar-refractivity contribution >= 4 is 11.2 Å². The first kappa shape index (κ1) is 23.5. The van der Waals surface area contributed by atoms with Crippen molar-refractivity contribution in [2.45, 2.75) is 82.3 Å². The summed E-state index contributed by atoms with van der Waals surface area (Å²) in [5.74, 6) is 5.16. The van der Waals surface area contributed by atoms with E-state index in [2.05, 4.69) is 26.8 Å². The summed E-state index contributed by atoms with van der Waals surface area (Å²) in [4.78, 5) is 13.7. The second-order valence-electron chi connectivity index (χ2n) is 10.3. The topological polar surface area (TPSA) is 97.3 Å². The fourth-order valence-electron chi connectivity index (χ4n) is 5.65. The first-order valence-electron chi connectivity index (χ1n) is 12.6. The van der Waals surface area contributed by atoms with E-state index in [4.69, 9.17) is 19.9 Å². The molecule has 36 heavy (non-hydrogen) atoms. The van der Waals surface area contributed by atoms with Crippen molar-refractivity contribution in [3.8, 4) is 11.8 Å². The molecular formula is C27H30FN5O3. The van der Waals surface area contributed by atoms with Crippen molar-refractivity contribution < 1.29 is 18.6 Å². The number of halogens is 1. The molecule has 0 spiro atoms. The van der Waals surface area contributed by atoms with Gasteiger partial charge in [0, 0.05) is 0 Å². The molecule has 3 aromatic rings. The third-order valence-electron chi connectivity index (χ3n) is 7.39. The molecule has 2 aliphatic heterocycles. The number of hydrogen-bond donors (Lipinski definition) is 1. The molecule has 0 amide bonds. The lowest BCUT2D eigenvalue weighted by molar-refractivity contribution is -0.190. The van der Waals surface area contributed by atoms with E-state index in [0.717, 1.165) is 18.5 Å². The Morgan fingerprint density at radius 3 is 2.67 bits per heavy atom. The summed E-state index contributed by atoms with van der Waals surface area (Å²) in [6.45, 7) is 3.72. The number of nitrogens with two attached hydrogens (primary N) is 1. The van der Waals surface area contributed by atoms with Crippen LogP contribution < -0.4 is 5.73 Å². The van der Waals surface area contributed by atoms with Crippen molar-refractivity contribution in [1.82, 2.24) is 19.5 Å². The smallest absolute Gasteiger partial charge is 0.167 e. The van der Waals surface area contributed by atoms with Crippen LogP contribution in [0.15, 0.2) is 36.9 Å². The van der Waals surface area contributed by atoms with Crippen LogP contribution in [0.1, 0.15) is 69.5 Å². The highest BCUT2D eigenvalue weighted by Gasteiger charge is 2.56. The largest absolute Gasteiger partial charge is 0.341 e. The maximum atomic E-state index is 14.1. The third-order valence-corrected chi connectivity index (χ3v) is 7.39. The molecule has 1 saturated carbocycles. The van der Waals surface area contributed by atoms with Crippen molar-refractivity contribution in [2.24, 2.45) is 11.7 Å². The molecule has 3 aliphatic rings. The molecule has 2 saturated heterocycles. The van der Waals surface area contributed by atoms with Crippen LogP contribution in [0, 0.1) is 23.6 Å². The molecule has 0 radical (unpaired) electrons. The zero-order valence-corrected chi connectivity index (χ0v) is 20.4. The Kier molecular flexibility index (Phi) is 6.00. The lowest BCUT2D eigenvalue weighted by atomic mass is 9.83. The van der Waals surface area contributed by atoms with Crippen LogP contribution in [0.3, 0.4) is 0 Å². The van der Waals surface area contributed by atoms with E-state index in [9.17, 15) is 4.39 Å². The molecule has 1 unspecified atom stereocenters. The summed E-state index contributed by atoms with van der Waals surface area (Å²) in [5, 5.41) is 0. The number of imidazole rings is 1. The lowest BCUT2D eigenvalue weighted by Crippen LogP contribution is -2.28. The second kappa shape index (κ2) is 9.20. The van der Waals surface area contributed by atoms with Crippen LogP contribution in [0.5, 0.6) is 0 Å². The third kappa shape index (κ3) is 4.18. The molecule has 5 atom stereocenters. The molecule has 4 heterocycles. The van der Waals surface area contributed by atoms with E-state index >= 15 is 0 Å².